The molecule has 0 aliphatic heterocycles. The monoisotopic (exact) mass is 512 g/mol. The van der Waals surface area contributed by atoms with E-state index < -0.39 is 11.5 Å². The second-order valence-electron chi connectivity index (χ2n) is 6.59. The molecule has 2 rings (SSSR count). The minimum atomic E-state index is -1.03. The number of halogens is 1. The second-order valence-corrected chi connectivity index (χ2v) is 6.59. The topological polar surface area (TPSA) is 109 Å². The van der Waals surface area contributed by atoms with E-state index >= 15 is 0 Å². The fourth-order valence-electron chi connectivity index (χ4n) is 2.56. The van der Waals surface area contributed by atoms with E-state index in [9.17, 15) is 9.90 Å². The van der Waals surface area contributed by atoms with Gasteiger partial charge in [-0.1, -0.05) is 42.5 Å². The highest BCUT2D eigenvalue weighted by atomic mass is 127. The molecule has 0 heterocycles. The predicted molar refractivity (Wildman–Crippen MR) is 125 cm³/mol. The average molecular weight is 512 g/mol. The van der Waals surface area contributed by atoms with Crippen LogP contribution in [0.4, 0.5) is 0 Å². The Kier molecular flexibility index (Phi) is 10.5. The van der Waals surface area contributed by atoms with Crippen molar-refractivity contribution in [1.82, 2.24) is 10.6 Å². The summed E-state index contributed by atoms with van der Waals surface area (Å²) in [5, 5.41) is 17.1. The summed E-state index contributed by atoms with van der Waals surface area (Å²) >= 11 is 0. The number of hydrogen-bond acceptors (Lipinski definition) is 4. The Bertz CT molecular complexity index is 798. The fourth-order valence-corrected chi connectivity index (χ4v) is 2.56. The van der Waals surface area contributed by atoms with E-state index in [0.717, 1.165) is 11.1 Å². The average Bonchev–Trinajstić information content (AvgIpc) is 2.69. The number of carbonyl (C=O) groups excluding carboxylic acids is 1. The number of ether oxygens (including phenoxy) is 1. The first-order valence-electron chi connectivity index (χ1n) is 9.21. The van der Waals surface area contributed by atoms with Crippen molar-refractivity contribution >= 4 is 35.8 Å². The van der Waals surface area contributed by atoms with Gasteiger partial charge in [-0.2, -0.15) is 0 Å². The minimum absolute atomic E-state index is 0. The van der Waals surface area contributed by atoms with Gasteiger partial charge in [0.05, 0.1) is 13.1 Å². The van der Waals surface area contributed by atoms with Crippen molar-refractivity contribution in [3.8, 4) is 5.75 Å². The van der Waals surface area contributed by atoms with Crippen molar-refractivity contribution in [2.45, 2.75) is 26.0 Å². The predicted octanol–water partition coefficient (Wildman–Crippen LogP) is 2.13. The highest BCUT2D eigenvalue weighted by molar-refractivity contribution is 14.0. The number of rotatable bonds is 9. The molecule has 0 aliphatic carbocycles. The lowest BCUT2D eigenvalue weighted by atomic mass is 9.96. The number of benzene rings is 2. The molecule has 1 atom stereocenters. The van der Waals surface area contributed by atoms with Crippen molar-refractivity contribution < 1.29 is 14.6 Å². The number of aliphatic hydroxyl groups is 1. The molecule has 8 heteroatoms. The molecule has 2 aromatic rings. The standard InChI is InChI=1S/C21H28N4O3.HI/c1-3-23-20(25-15-21(2,27)17-9-5-4-6-10-17)24-13-16-8-7-11-18(12-16)28-14-19(22)26;/h4-12,27H,3,13-15H2,1-2H3,(H2,22,26)(H2,23,24,25);1H. The van der Waals surface area contributed by atoms with E-state index in [0.29, 0.717) is 31.3 Å². The normalized spacial score (nSPS) is 13.0. The zero-order valence-electron chi connectivity index (χ0n) is 16.7. The van der Waals surface area contributed by atoms with E-state index in [1.54, 1.807) is 13.0 Å². The third-order valence-corrected chi connectivity index (χ3v) is 4.04. The molecule has 0 bridgehead atoms. The van der Waals surface area contributed by atoms with E-state index in [2.05, 4.69) is 15.6 Å². The van der Waals surface area contributed by atoms with Gasteiger partial charge in [0.2, 0.25) is 0 Å². The van der Waals surface area contributed by atoms with Crippen LogP contribution in [0.15, 0.2) is 59.6 Å². The summed E-state index contributed by atoms with van der Waals surface area (Å²) in [6.07, 6.45) is 0. The number of carbonyl (C=O) groups is 1. The third kappa shape index (κ3) is 8.70. The summed E-state index contributed by atoms with van der Waals surface area (Å²) in [6, 6.07) is 16.8. The molecule has 5 N–H and O–H groups in total. The molecule has 0 aromatic heterocycles. The Morgan fingerprint density at radius 3 is 2.55 bits per heavy atom. The first kappa shape index (κ1) is 24.7. The molecule has 0 spiro atoms. The van der Waals surface area contributed by atoms with Gasteiger partial charge in [0, 0.05) is 6.54 Å². The molecular formula is C21H29IN4O3. The van der Waals surface area contributed by atoms with Gasteiger partial charge < -0.3 is 26.2 Å². The Hall–Kier alpha value is -2.33. The lowest BCUT2D eigenvalue weighted by Crippen LogP contribution is -2.44. The number of aliphatic imine (C=N–C) groups is 1. The molecule has 0 fully saturated rings. The summed E-state index contributed by atoms with van der Waals surface area (Å²) < 4.78 is 5.32. The van der Waals surface area contributed by atoms with Crippen molar-refractivity contribution in [1.29, 1.82) is 0 Å². The number of nitrogens with zero attached hydrogens (tertiary/aromatic N) is 1. The summed E-state index contributed by atoms with van der Waals surface area (Å²) in [4.78, 5) is 15.4. The van der Waals surface area contributed by atoms with Crippen LogP contribution in [0.3, 0.4) is 0 Å². The number of guanidine groups is 1. The van der Waals surface area contributed by atoms with Crippen molar-refractivity contribution in [3.05, 3.63) is 65.7 Å². The van der Waals surface area contributed by atoms with E-state index in [4.69, 9.17) is 10.5 Å². The zero-order valence-corrected chi connectivity index (χ0v) is 19.1. The first-order chi connectivity index (χ1) is 13.4. The number of nitrogens with one attached hydrogen (secondary N) is 2. The summed E-state index contributed by atoms with van der Waals surface area (Å²) in [6.45, 7) is 5.00. The van der Waals surface area contributed by atoms with Gasteiger partial charge in [0.1, 0.15) is 11.4 Å². The van der Waals surface area contributed by atoms with Crippen molar-refractivity contribution in [3.63, 3.8) is 0 Å². The van der Waals surface area contributed by atoms with Crippen LogP contribution in [0, 0.1) is 0 Å². The van der Waals surface area contributed by atoms with Crippen LogP contribution in [0.2, 0.25) is 0 Å². The maximum absolute atomic E-state index is 10.8. The number of nitrogens with two attached hydrogens (primary N) is 1. The van der Waals surface area contributed by atoms with Crippen LogP contribution in [-0.4, -0.2) is 36.7 Å². The molecule has 0 radical (unpaired) electrons. The maximum Gasteiger partial charge on any atom is 0.255 e. The van der Waals surface area contributed by atoms with Gasteiger partial charge in [-0.15, -0.1) is 24.0 Å². The Morgan fingerprint density at radius 2 is 1.90 bits per heavy atom. The molecule has 1 unspecified atom stereocenters. The first-order valence-corrected chi connectivity index (χ1v) is 9.21. The summed E-state index contributed by atoms with van der Waals surface area (Å²) in [5.74, 6) is 0.645. The number of hydrogen-bond donors (Lipinski definition) is 4. The molecule has 2 aromatic carbocycles. The molecule has 1 amide bonds. The molecule has 29 heavy (non-hydrogen) atoms. The quantitative estimate of drug-likeness (QED) is 0.234. The van der Waals surface area contributed by atoms with E-state index in [1.165, 1.54) is 0 Å². The summed E-state index contributed by atoms with van der Waals surface area (Å²) in [5.41, 5.74) is 5.83. The smallest absolute Gasteiger partial charge is 0.255 e. The van der Waals surface area contributed by atoms with Gasteiger partial charge in [0.15, 0.2) is 12.6 Å². The zero-order chi connectivity index (χ0) is 20.4. The largest absolute Gasteiger partial charge is 0.484 e. The molecule has 0 saturated heterocycles. The molecule has 0 aliphatic rings. The van der Waals surface area contributed by atoms with Crippen LogP contribution in [0.25, 0.3) is 0 Å². The Morgan fingerprint density at radius 1 is 1.17 bits per heavy atom. The van der Waals surface area contributed by atoms with Gasteiger partial charge >= 0.3 is 0 Å². The van der Waals surface area contributed by atoms with Gasteiger partial charge in [-0.05, 0) is 37.1 Å². The second kappa shape index (κ2) is 12.3. The Balaban J connectivity index is 0.00000420. The van der Waals surface area contributed by atoms with Crippen LogP contribution in [0.1, 0.15) is 25.0 Å². The minimum Gasteiger partial charge on any atom is -0.484 e. The van der Waals surface area contributed by atoms with Gasteiger partial charge in [0.25, 0.3) is 5.91 Å². The van der Waals surface area contributed by atoms with Gasteiger partial charge in [-0.25, -0.2) is 4.99 Å². The molecule has 7 nitrogen and oxygen atoms in total. The number of primary amides is 1. The number of amides is 1. The van der Waals surface area contributed by atoms with Crippen LogP contribution in [-0.2, 0) is 16.9 Å². The fraction of sp³-hybridized carbons (Fsp3) is 0.333. The lowest BCUT2D eigenvalue weighted by molar-refractivity contribution is -0.119. The molecule has 158 valence electrons. The molecule has 0 saturated carbocycles. The van der Waals surface area contributed by atoms with Crippen LogP contribution in [0.5, 0.6) is 5.75 Å². The van der Waals surface area contributed by atoms with Crippen molar-refractivity contribution in [2.24, 2.45) is 10.7 Å². The molecular weight excluding hydrogens is 483 g/mol. The van der Waals surface area contributed by atoms with Crippen LogP contribution < -0.4 is 21.1 Å². The third-order valence-electron chi connectivity index (χ3n) is 4.04. The maximum atomic E-state index is 10.8. The summed E-state index contributed by atoms with van der Waals surface area (Å²) in [7, 11) is 0. The highest BCUT2D eigenvalue weighted by Gasteiger charge is 2.22. The Labute approximate surface area is 188 Å². The van der Waals surface area contributed by atoms with E-state index in [-0.39, 0.29) is 30.6 Å². The van der Waals surface area contributed by atoms with Crippen molar-refractivity contribution in [2.75, 3.05) is 19.7 Å². The highest BCUT2D eigenvalue weighted by Crippen LogP contribution is 2.19. The SMILES string of the molecule is CCNC(=NCc1cccc(OCC(N)=O)c1)NCC(C)(O)c1ccccc1.I. The lowest BCUT2D eigenvalue weighted by Gasteiger charge is -2.25. The van der Waals surface area contributed by atoms with Gasteiger partial charge in [-0.3, -0.25) is 4.79 Å². The van der Waals surface area contributed by atoms with E-state index in [1.807, 2.05) is 55.5 Å². The van der Waals surface area contributed by atoms with Crippen LogP contribution >= 0.6 is 24.0 Å².